The Labute approximate surface area is 179 Å². The molecule has 0 heterocycles. The average molecular weight is 408 g/mol. The first-order valence-electron chi connectivity index (χ1n) is 9.00. The van der Waals surface area contributed by atoms with Crippen molar-refractivity contribution >= 4 is 0 Å². The van der Waals surface area contributed by atoms with E-state index in [1.54, 1.807) is 0 Å². The van der Waals surface area contributed by atoms with Crippen LogP contribution in [0.25, 0.3) is 0 Å². The van der Waals surface area contributed by atoms with Crippen LogP contribution in [-0.2, 0) is 28.4 Å². The second-order valence-corrected chi connectivity index (χ2v) is 5.88. The number of rotatable bonds is 12. The zero-order chi connectivity index (χ0) is 22.2. The lowest BCUT2D eigenvalue weighted by Gasteiger charge is -2.48. The minimum Gasteiger partial charge on any atom is -0.360 e. The van der Waals surface area contributed by atoms with Crippen molar-refractivity contribution in [1.29, 1.82) is 0 Å². The summed E-state index contributed by atoms with van der Waals surface area (Å²) in [5.74, 6) is 14.5. The van der Waals surface area contributed by atoms with Crippen LogP contribution in [-0.4, -0.2) is 76.3 Å². The van der Waals surface area contributed by atoms with Gasteiger partial charge in [0.2, 0.25) is 0 Å². The van der Waals surface area contributed by atoms with E-state index in [4.69, 9.17) is 67.0 Å². The minimum atomic E-state index is -0.765. The molecule has 0 aliphatic heterocycles. The van der Waals surface area contributed by atoms with E-state index in [9.17, 15) is 0 Å². The van der Waals surface area contributed by atoms with Crippen LogP contribution in [0.3, 0.4) is 0 Å². The van der Waals surface area contributed by atoms with Crippen molar-refractivity contribution in [2.45, 2.75) is 36.6 Å². The highest BCUT2D eigenvalue weighted by Crippen LogP contribution is 2.33. The van der Waals surface area contributed by atoms with Gasteiger partial charge in [-0.15, -0.1) is 38.5 Å². The van der Waals surface area contributed by atoms with E-state index < -0.39 is 36.6 Å². The van der Waals surface area contributed by atoms with E-state index in [0.29, 0.717) is 0 Å². The van der Waals surface area contributed by atoms with E-state index in [-0.39, 0.29) is 39.6 Å². The van der Waals surface area contributed by atoms with Crippen molar-refractivity contribution in [1.82, 2.24) is 0 Å². The van der Waals surface area contributed by atoms with Gasteiger partial charge in [0.25, 0.3) is 0 Å². The molecule has 0 radical (unpaired) electrons. The van der Waals surface area contributed by atoms with Crippen LogP contribution in [0.5, 0.6) is 0 Å². The third kappa shape index (κ3) is 7.18. The van der Waals surface area contributed by atoms with Gasteiger partial charge in [-0.1, -0.05) is 35.5 Å². The Balaban J connectivity index is 3.44. The van der Waals surface area contributed by atoms with Gasteiger partial charge in [-0.2, -0.15) is 0 Å². The molecule has 0 N–H and O–H groups in total. The maximum atomic E-state index is 5.84. The zero-order valence-corrected chi connectivity index (χ0v) is 16.6. The highest BCUT2D eigenvalue weighted by molar-refractivity contribution is 5.07. The molecule has 0 amide bonds. The quantitative estimate of drug-likeness (QED) is 0.428. The first-order chi connectivity index (χ1) is 14.7. The number of hydrogen-bond acceptors (Lipinski definition) is 6. The predicted octanol–water partition coefficient (Wildman–Crippen LogP) is 0.110. The zero-order valence-electron chi connectivity index (χ0n) is 16.6. The molecule has 0 saturated heterocycles. The number of ether oxygens (including phenoxy) is 6. The molecule has 1 aliphatic carbocycles. The fourth-order valence-electron chi connectivity index (χ4n) is 3.13. The second-order valence-electron chi connectivity index (χ2n) is 5.88. The van der Waals surface area contributed by atoms with E-state index in [2.05, 4.69) is 35.5 Å². The normalized spacial score (nSPS) is 27.4. The molecule has 156 valence electrons. The van der Waals surface area contributed by atoms with Crippen LogP contribution < -0.4 is 0 Å². The van der Waals surface area contributed by atoms with Crippen molar-refractivity contribution in [3.8, 4) is 74.1 Å². The second kappa shape index (κ2) is 15.0. The van der Waals surface area contributed by atoms with Gasteiger partial charge in [0.15, 0.2) is 0 Å². The first kappa shape index (κ1) is 25.2. The Morgan fingerprint density at radius 3 is 0.567 bits per heavy atom. The lowest BCUT2D eigenvalue weighted by molar-refractivity contribution is -0.271. The molecule has 0 unspecified atom stereocenters. The summed E-state index contributed by atoms with van der Waals surface area (Å²) in [6.45, 7) is -0.190. The largest absolute Gasteiger partial charge is 0.360 e. The number of terminal acetylenes is 6. The van der Waals surface area contributed by atoms with E-state index in [0.717, 1.165) is 0 Å². The van der Waals surface area contributed by atoms with Crippen molar-refractivity contribution in [2.75, 3.05) is 39.6 Å². The Hall–Kier alpha value is -2.88. The Kier molecular flexibility index (Phi) is 12.6. The molecule has 0 aromatic carbocycles. The molecule has 6 heteroatoms. The van der Waals surface area contributed by atoms with E-state index in [1.165, 1.54) is 0 Å². The van der Waals surface area contributed by atoms with Crippen LogP contribution >= 0.6 is 0 Å². The summed E-state index contributed by atoms with van der Waals surface area (Å²) in [5, 5.41) is 0. The Morgan fingerprint density at radius 1 is 0.333 bits per heavy atom. The topological polar surface area (TPSA) is 55.4 Å². The highest BCUT2D eigenvalue weighted by atomic mass is 16.6. The molecular weight excluding hydrogens is 384 g/mol. The molecule has 1 aliphatic rings. The maximum Gasteiger partial charge on any atom is 0.116 e. The molecular formula is C24H24O6. The monoisotopic (exact) mass is 408 g/mol. The molecule has 1 saturated carbocycles. The van der Waals surface area contributed by atoms with Crippen LogP contribution in [0, 0.1) is 74.1 Å². The van der Waals surface area contributed by atoms with Crippen LogP contribution in [0.2, 0.25) is 0 Å². The lowest BCUT2D eigenvalue weighted by Crippen LogP contribution is -2.67. The molecule has 1 rings (SSSR count). The summed E-state index contributed by atoms with van der Waals surface area (Å²) in [6, 6.07) is 0. The SMILES string of the molecule is C#CCO[C@H]1[C@H](OCC#C)[C@@H](OCC#C)[C@H](OCC#C)[C@@H](OCC#C)[C@@H]1OCC#C. The fourth-order valence-corrected chi connectivity index (χ4v) is 3.13. The van der Waals surface area contributed by atoms with E-state index in [1.807, 2.05) is 0 Å². The van der Waals surface area contributed by atoms with Crippen molar-refractivity contribution in [2.24, 2.45) is 0 Å². The van der Waals surface area contributed by atoms with Gasteiger partial charge in [0.1, 0.15) is 76.3 Å². The van der Waals surface area contributed by atoms with Crippen LogP contribution in [0.4, 0.5) is 0 Å². The lowest BCUT2D eigenvalue weighted by atomic mass is 9.83. The molecule has 0 spiro atoms. The van der Waals surface area contributed by atoms with Gasteiger partial charge >= 0.3 is 0 Å². The van der Waals surface area contributed by atoms with Gasteiger partial charge < -0.3 is 28.4 Å². The van der Waals surface area contributed by atoms with Gasteiger partial charge in [-0.3, -0.25) is 0 Å². The van der Waals surface area contributed by atoms with Crippen LogP contribution in [0.15, 0.2) is 0 Å². The van der Waals surface area contributed by atoms with Gasteiger partial charge in [0.05, 0.1) is 0 Å². The number of hydrogen-bond donors (Lipinski definition) is 0. The summed E-state index contributed by atoms with van der Waals surface area (Å²) in [5.41, 5.74) is 0. The predicted molar refractivity (Wildman–Crippen MR) is 111 cm³/mol. The molecule has 6 nitrogen and oxygen atoms in total. The van der Waals surface area contributed by atoms with Crippen molar-refractivity contribution in [3.63, 3.8) is 0 Å². The third-order valence-electron chi connectivity index (χ3n) is 4.10. The fraction of sp³-hybridized carbons (Fsp3) is 0.500. The summed E-state index contributed by atoms with van der Waals surface area (Å²) in [6.07, 6.45) is 27.7. The third-order valence-corrected chi connectivity index (χ3v) is 4.10. The molecule has 0 aromatic rings. The molecule has 1 fully saturated rings. The molecule has 0 aromatic heterocycles. The Bertz CT molecular complexity index is 580. The van der Waals surface area contributed by atoms with Crippen LogP contribution in [0.1, 0.15) is 0 Å². The van der Waals surface area contributed by atoms with Gasteiger partial charge in [0, 0.05) is 0 Å². The summed E-state index contributed by atoms with van der Waals surface area (Å²) >= 11 is 0. The van der Waals surface area contributed by atoms with Crippen molar-refractivity contribution in [3.05, 3.63) is 0 Å². The standard InChI is InChI=1S/C24H24O6/c1-7-13-25-19-20(26-14-8-2)22(28-16-10-4)24(30-18-12-6)23(29-17-11-5)21(19)27-15-9-3/h1-6,19-24H,13-18H2/t19-,20-,21+,22+,23-,24-. The Morgan fingerprint density at radius 2 is 0.467 bits per heavy atom. The van der Waals surface area contributed by atoms with Gasteiger partial charge in [-0.25, -0.2) is 0 Å². The maximum absolute atomic E-state index is 5.84. The van der Waals surface area contributed by atoms with Gasteiger partial charge in [-0.05, 0) is 0 Å². The summed E-state index contributed by atoms with van der Waals surface area (Å²) < 4.78 is 35.1. The van der Waals surface area contributed by atoms with Crippen molar-refractivity contribution < 1.29 is 28.4 Å². The van der Waals surface area contributed by atoms with E-state index >= 15 is 0 Å². The summed E-state index contributed by atoms with van der Waals surface area (Å²) in [7, 11) is 0. The first-order valence-corrected chi connectivity index (χ1v) is 9.00. The molecule has 30 heavy (non-hydrogen) atoms. The molecule has 0 atom stereocenters. The smallest absolute Gasteiger partial charge is 0.116 e. The molecule has 0 bridgehead atoms. The highest BCUT2D eigenvalue weighted by Gasteiger charge is 2.54. The summed E-state index contributed by atoms with van der Waals surface area (Å²) in [4.78, 5) is 0. The minimum absolute atomic E-state index is 0.0317. The average Bonchev–Trinajstić information content (AvgIpc) is 2.76.